The van der Waals surface area contributed by atoms with Gasteiger partial charge in [-0.15, -0.1) is 0 Å². The zero-order chi connectivity index (χ0) is 10.8. The summed E-state index contributed by atoms with van der Waals surface area (Å²) in [4.78, 5) is 16.3. The van der Waals surface area contributed by atoms with E-state index in [1.54, 1.807) is 6.20 Å². The largest absolute Gasteiger partial charge is 0.329 e. The maximum absolute atomic E-state index is 12.1. The first kappa shape index (κ1) is 10.4. The topological polar surface area (TPSA) is 60.9 Å². The fraction of sp³-hybridized carbons (Fsp3) is 0.636. The number of hydrogen-bond donors (Lipinski definition) is 1. The van der Waals surface area contributed by atoms with Gasteiger partial charge in [0.1, 0.15) is 0 Å². The number of imidazole rings is 1. The fourth-order valence-electron chi connectivity index (χ4n) is 2.27. The van der Waals surface area contributed by atoms with E-state index in [0.717, 1.165) is 25.8 Å². The third-order valence-corrected chi connectivity index (χ3v) is 3.18. The summed E-state index contributed by atoms with van der Waals surface area (Å²) in [6.45, 7) is 2.79. The van der Waals surface area contributed by atoms with Crippen LogP contribution in [-0.4, -0.2) is 21.4 Å². The molecule has 1 aliphatic carbocycles. The molecule has 1 aromatic rings. The fourth-order valence-corrected chi connectivity index (χ4v) is 2.27. The number of carbonyl (C=O) groups is 1. The highest BCUT2D eigenvalue weighted by Gasteiger charge is 2.32. The first-order valence-electron chi connectivity index (χ1n) is 5.55. The van der Waals surface area contributed by atoms with Crippen LogP contribution < -0.4 is 5.73 Å². The summed E-state index contributed by atoms with van der Waals surface area (Å²) in [6, 6.07) is 0.0273. The summed E-state index contributed by atoms with van der Waals surface area (Å²) in [7, 11) is 0. The van der Waals surface area contributed by atoms with Gasteiger partial charge in [0, 0.05) is 30.9 Å². The summed E-state index contributed by atoms with van der Waals surface area (Å²) >= 11 is 0. The van der Waals surface area contributed by atoms with Crippen LogP contribution in [0.4, 0.5) is 0 Å². The lowest BCUT2D eigenvalue weighted by Gasteiger charge is -2.13. The molecule has 1 aromatic heterocycles. The van der Waals surface area contributed by atoms with Gasteiger partial charge in [-0.1, -0.05) is 6.42 Å². The van der Waals surface area contributed by atoms with Gasteiger partial charge in [0.2, 0.25) is 5.78 Å². The summed E-state index contributed by atoms with van der Waals surface area (Å²) in [5.74, 6) is 0.671. The Kier molecular flexibility index (Phi) is 2.86. The smallest absolute Gasteiger partial charge is 0.202 e. The molecular formula is C11H17N3O. The molecule has 0 spiro atoms. The lowest BCUT2D eigenvalue weighted by molar-refractivity contribution is 0.0898. The number of ketones is 1. The minimum Gasteiger partial charge on any atom is -0.329 e. The Morgan fingerprint density at radius 3 is 3.07 bits per heavy atom. The average Bonchev–Trinajstić information content (AvgIpc) is 2.84. The van der Waals surface area contributed by atoms with Crippen molar-refractivity contribution in [3.8, 4) is 0 Å². The van der Waals surface area contributed by atoms with E-state index in [-0.39, 0.29) is 17.7 Å². The third kappa shape index (κ3) is 1.81. The zero-order valence-electron chi connectivity index (χ0n) is 9.02. The second-order valence-electron chi connectivity index (χ2n) is 4.10. The lowest BCUT2D eigenvalue weighted by Crippen LogP contribution is -2.32. The van der Waals surface area contributed by atoms with E-state index in [9.17, 15) is 4.79 Å². The van der Waals surface area contributed by atoms with E-state index in [1.165, 1.54) is 0 Å². The van der Waals surface area contributed by atoms with Crippen LogP contribution in [0.2, 0.25) is 0 Å². The van der Waals surface area contributed by atoms with Crippen molar-refractivity contribution in [1.29, 1.82) is 0 Å². The van der Waals surface area contributed by atoms with Crippen molar-refractivity contribution in [3.05, 3.63) is 18.2 Å². The number of nitrogens with two attached hydrogens (primary N) is 1. The van der Waals surface area contributed by atoms with E-state index in [4.69, 9.17) is 5.73 Å². The van der Waals surface area contributed by atoms with Gasteiger partial charge in [-0.05, 0) is 19.8 Å². The molecule has 2 rings (SSSR count). The van der Waals surface area contributed by atoms with Gasteiger partial charge in [0.15, 0.2) is 5.82 Å². The number of hydrogen-bond acceptors (Lipinski definition) is 3. The number of nitrogens with zero attached hydrogens (tertiary/aromatic N) is 2. The second-order valence-corrected chi connectivity index (χ2v) is 4.10. The molecule has 0 radical (unpaired) electrons. The monoisotopic (exact) mass is 207 g/mol. The molecule has 0 saturated heterocycles. The van der Waals surface area contributed by atoms with Crippen molar-refractivity contribution in [1.82, 2.24) is 9.55 Å². The third-order valence-electron chi connectivity index (χ3n) is 3.18. The highest BCUT2D eigenvalue weighted by atomic mass is 16.1. The molecule has 0 aliphatic heterocycles. The number of aromatic nitrogens is 2. The molecule has 0 aromatic carbocycles. The molecule has 1 fully saturated rings. The quantitative estimate of drug-likeness (QED) is 0.758. The second kappa shape index (κ2) is 4.14. The summed E-state index contributed by atoms with van der Waals surface area (Å²) in [5, 5.41) is 0. The van der Waals surface area contributed by atoms with Crippen LogP contribution in [0, 0.1) is 5.92 Å². The van der Waals surface area contributed by atoms with Gasteiger partial charge < -0.3 is 10.3 Å². The van der Waals surface area contributed by atoms with Crippen LogP contribution in [0.1, 0.15) is 36.8 Å². The SMILES string of the molecule is CCn1ccnc1C(=O)C1CCCC1N. The number of carbonyl (C=O) groups excluding carboxylic acids is 1. The first-order valence-corrected chi connectivity index (χ1v) is 5.55. The van der Waals surface area contributed by atoms with Crippen LogP contribution in [0.15, 0.2) is 12.4 Å². The average molecular weight is 207 g/mol. The Hall–Kier alpha value is -1.16. The number of aryl methyl sites for hydroxylation is 1. The Balaban J connectivity index is 2.20. The van der Waals surface area contributed by atoms with Crippen molar-refractivity contribution in [2.24, 2.45) is 11.7 Å². The van der Waals surface area contributed by atoms with Crippen molar-refractivity contribution >= 4 is 5.78 Å². The Bertz CT molecular complexity index is 358. The standard InChI is InChI=1S/C11H17N3O/c1-2-14-7-6-13-11(14)10(15)8-4-3-5-9(8)12/h6-9H,2-5,12H2,1H3. The van der Waals surface area contributed by atoms with Gasteiger partial charge >= 0.3 is 0 Å². The van der Waals surface area contributed by atoms with E-state index in [2.05, 4.69) is 4.98 Å². The maximum Gasteiger partial charge on any atom is 0.202 e. The molecule has 0 amide bonds. The molecule has 4 heteroatoms. The van der Waals surface area contributed by atoms with Gasteiger partial charge in [0.25, 0.3) is 0 Å². The first-order chi connectivity index (χ1) is 7.24. The Morgan fingerprint density at radius 2 is 2.47 bits per heavy atom. The molecule has 2 N–H and O–H groups in total. The van der Waals surface area contributed by atoms with Crippen LogP contribution in [0.3, 0.4) is 0 Å². The molecule has 15 heavy (non-hydrogen) atoms. The van der Waals surface area contributed by atoms with Gasteiger partial charge in [-0.2, -0.15) is 0 Å². The Morgan fingerprint density at radius 1 is 1.67 bits per heavy atom. The van der Waals surface area contributed by atoms with Gasteiger partial charge in [-0.3, -0.25) is 4.79 Å². The van der Waals surface area contributed by atoms with E-state index in [0.29, 0.717) is 5.82 Å². The highest BCUT2D eigenvalue weighted by Crippen LogP contribution is 2.26. The maximum atomic E-state index is 12.1. The summed E-state index contributed by atoms with van der Waals surface area (Å²) < 4.78 is 1.88. The van der Waals surface area contributed by atoms with Crippen molar-refractivity contribution < 1.29 is 4.79 Å². The van der Waals surface area contributed by atoms with Crippen LogP contribution in [0.5, 0.6) is 0 Å². The van der Waals surface area contributed by atoms with Crippen molar-refractivity contribution in [2.45, 2.75) is 38.8 Å². The van der Waals surface area contributed by atoms with Crippen molar-refractivity contribution in [2.75, 3.05) is 0 Å². The summed E-state index contributed by atoms with van der Waals surface area (Å²) in [5.41, 5.74) is 5.92. The molecule has 1 heterocycles. The van der Waals surface area contributed by atoms with Crippen LogP contribution >= 0.6 is 0 Å². The van der Waals surface area contributed by atoms with Gasteiger partial charge in [-0.25, -0.2) is 4.98 Å². The number of rotatable bonds is 3. The van der Waals surface area contributed by atoms with Crippen LogP contribution in [0.25, 0.3) is 0 Å². The number of Topliss-reactive ketones (excluding diaryl/α,β-unsaturated/α-hetero) is 1. The molecule has 2 atom stereocenters. The zero-order valence-corrected chi connectivity index (χ0v) is 9.02. The molecule has 82 valence electrons. The molecular weight excluding hydrogens is 190 g/mol. The molecule has 0 bridgehead atoms. The van der Waals surface area contributed by atoms with Gasteiger partial charge in [0.05, 0.1) is 0 Å². The molecule has 1 saturated carbocycles. The Labute approximate surface area is 89.5 Å². The molecule has 4 nitrogen and oxygen atoms in total. The highest BCUT2D eigenvalue weighted by molar-refractivity contribution is 5.95. The van der Waals surface area contributed by atoms with E-state index >= 15 is 0 Å². The normalized spacial score (nSPS) is 25.7. The lowest BCUT2D eigenvalue weighted by atomic mass is 9.98. The molecule has 2 unspecified atom stereocenters. The predicted molar refractivity (Wildman–Crippen MR) is 57.5 cm³/mol. The van der Waals surface area contributed by atoms with Crippen molar-refractivity contribution in [3.63, 3.8) is 0 Å². The molecule has 1 aliphatic rings. The van der Waals surface area contributed by atoms with Crippen LogP contribution in [-0.2, 0) is 6.54 Å². The van der Waals surface area contributed by atoms with E-state index in [1.807, 2.05) is 17.7 Å². The summed E-state index contributed by atoms with van der Waals surface area (Å²) in [6.07, 6.45) is 6.45. The minimum absolute atomic E-state index is 0.0160. The predicted octanol–water partition coefficient (Wildman–Crippen LogP) is 1.21. The minimum atomic E-state index is -0.0160. The van der Waals surface area contributed by atoms with E-state index < -0.39 is 0 Å².